The minimum absolute atomic E-state index is 0.181. The van der Waals surface area contributed by atoms with Gasteiger partial charge in [-0.15, -0.1) is 0 Å². The Morgan fingerprint density at radius 3 is 2.29 bits per heavy atom. The zero-order valence-corrected chi connectivity index (χ0v) is 11.2. The Morgan fingerprint density at radius 2 is 1.86 bits per heavy atom. The van der Waals surface area contributed by atoms with Gasteiger partial charge >= 0.3 is 11.9 Å². The van der Waals surface area contributed by atoms with Crippen LogP contribution in [0.25, 0.3) is 0 Å². The molecule has 0 aliphatic carbocycles. The molecule has 1 amide bonds. The van der Waals surface area contributed by atoms with Crippen molar-refractivity contribution in [2.75, 3.05) is 0 Å². The van der Waals surface area contributed by atoms with Gasteiger partial charge in [0.25, 0.3) is 0 Å². The van der Waals surface area contributed by atoms with Crippen LogP contribution in [0.2, 0.25) is 0 Å². The van der Waals surface area contributed by atoms with Crippen molar-refractivity contribution in [3.63, 3.8) is 0 Å². The second kappa shape index (κ2) is 6.51. The van der Waals surface area contributed by atoms with Gasteiger partial charge in [-0.1, -0.05) is 18.2 Å². The number of rotatable bonds is 6. The Balaban J connectivity index is 3.11. The van der Waals surface area contributed by atoms with E-state index in [4.69, 9.17) is 21.4 Å². The van der Waals surface area contributed by atoms with Gasteiger partial charge in [-0.25, -0.2) is 9.59 Å². The highest BCUT2D eigenvalue weighted by molar-refractivity contribution is 6.00. The molecule has 0 aliphatic heterocycles. The van der Waals surface area contributed by atoms with Gasteiger partial charge in [-0.3, -0.25) is 10.2 Å². The van der Waals surface area contributed by atoms with Crippen LogP contribution in [0.15, 0.2) is 24.3 Å². The number of carboxylic acid groups (broad SMARTS) is 2. The number of nitrogen functional groups attached to an aromatic ring is 1. The fourth-order valence-corrected chi connectivity index (χ4v) is 1.79. The zero-order chi connectivity index (χ0) is 16.2. The summed E-state index contributed by atoms with van der Waals surface area (Å²) in [5, 5.41) is 25.2. The van der Waals surface area contributed by atoms with Crippen LogP contribution >= 0.6 is 0 Å². The molecule has 21 heavy (non-hydrogen) atoms. The monoisotopic (exact) mass is 293 g/mol. The quantitative estimate of drug-likeness (QED) is 0.326. The number of benzene rings is 1. The molecule has 0 aromatic heterocycles. The van der Waals surface area contributed by atoms with Crippen molar-refractivity contribution in [1.82, 2.24) is 4.90 Å². The molecule has 1 aromatic carbocycles. The van der Waals surface area contributed by atoms with Crippen LogP contribution in [-0.2, 0) is 20.9 Å². The highest BCUT2D eigenvalue weighted by Crippen LogP contribution is 2.12. The molecule has 0 bridgehead atoms. The first-order valence-corrected chi connectivity index (χ1v) is 5.90. The van der Waals surface area contributed by atoms with E-state index in [0.29, 0.717) is 11.1 Å². The van der Waals surface area contributed by atoms with Crippen LogP contribution in [-0.4, -0.2) is 44.8 Å². The fraction of sp³-hybridized carbons (Fsp3) is 0.231. The Labute approximate surface area is 120 Å². The van der Waals surface area contributed by atoms with E-state index in [0.717, 1.165) is 11.8 Å². The normalized spacial score (nSPS) is 10.2. The van der Waals surface area contributed by atoms with Gasteiger partial charge in [0.2, 0.25) is 11.9 Å². The number of amidine groups is 1. The first kappa shape index (κ1) is 16.2. The molecular weight excluding hydrogens is 278 g/mol. The minimum atomic E-state index is -1.97. The molecule has 0 aliphatic rings. The van der Waals surface area contributed by atoms with E-state index < -0.39 is 23.9 Å². The predicted octanol–water partition coefficient (Wildman–Crippen LogP) is -0.143. The molecule has 8 nitrogen and oxygen atoms in total. The van der Waals surface area contributed by atoms with E-state index in [1.165, 1.54) is 6.07 Å². The third kappa shape index (κ3) is 4.03. The molecule has 1 rings (SSSR count). The number of hydrogen-bond acceptors (Lipinski definition) is 4. The number of carbonyl (C=O) groups is 3. The molecule has 0 spiro atoms. The molecule has 0 fully saturated rings. The molecule has 1 aromatic rings. The number of amides is 1. The molecule has 0 atom stereocenters. The van der Waals surface area contributed by atoms with Gasteiger partial charge in [0.1, 0.15) is 5.84 Å². The van der Waals surface area contributed by atoms with Crippen molar-refractivity contribution in [3.8, 4) is 0 Å². The van der Waals surface area contributed by atoms with Gasteiger partial charge in [-0.2, -0.15) is 0 Å². The fourth-order valence-electron chi connectivity index (χ4n) is 1.79. The average Bonchev–Trinajstić information content (AvgIpc) is 2.37. The van der Waals surface area contributed by atoms with Crippen LogP contribution in [0.1, 0.15) is 18.1 Å². The number of nitrogens with two attached hydrogens (primary N) is 1. The maximum Gasteiger partial charge on any atom is 0.338 e. The van der Waals surface area contributed by atoms with Gasteiger partial charge in [0.15, 0.2) is 0 Å². The lowest BCUT2D eigenvalue weighted by Crippen LogP contribution is -2.48. The maximum atomic E-state index is 11.5. The second-order valence-corrected chi connectivity index (χ2v) is 4.34. The van der Waals surface area contributed by atoms with E-state index >= 15 is 0 Å². The third-order valence-electron chi connectivity index (χ3n) is 2.77. The first-order valence-electron chi connectivity index (χ1n) is 5.90. The molecule has 8 heteroatoms. The zero-order valence-electron chi connectivity index (χ0n) is 11.2. The summed E-state index contributed by atoms with van der Waals surface area (Å²) in [6.45, 7) is 0.882. The molecule has 0 unspecified atom stereocenters. The average molecular weight is 293 g/mol. The van der Waals surface area contributed by atoms with Crippen molar-refractivity contribution in [1.29, 1.82) is 5.41 Å². The predicted molar refractivity (Wildman–Crippen MR) is 72.7 cm³/mol. The Kier molecular flexibility index (Phi) is 5.01. The van der Waals surface area contributed by atoms with Crippen molar-refractivity contribution >= 4 is 23.7 Å². The number of nitrogens with one attached hydrogen (secondary N) is 1. The van der Waals surface area contributed by atoms with E-state index in [-0.39, 0.29) is 12.4 Å². The topological polar surface area (TPSA) is 145 Å². The molecule has 0 saturated heterocycles. The Morgan fingerprint density at radius 1 is 1.29 bits per heavy atom. The van der Waals surface area contributed by atoms with Crippen LogP contribution in [0.3, 0.4) is 0 Å². The summed E-state index contributed by atoms with van der Waals surface area (Å²) in [4.78, 5) is 34.3. The summed E-state index contributed by atoms with van der Waals surface area (Å²) in [7, 11) is 0. The number of nitrogens with zero attached hydrogens (tertiary/aromatic N) is 1. The number of carbonyl (C=O) groups excluding carboxylic acids is 1. The van der Waals surface area contributed by atoms with Crippen molar-refractivity contribution < 1.29 is 24.6 Å². The van der Waals surface area contributed by atoms with Crippen LogP contribution < -0.4 is 5.73 Å². The van der Waals surface area contributed by atoms with Crippen LogP contribution in [0.5, 0.6) is 0 Å². The molecule has 112 valence electrons. The number of carboxylic acids is 2. The summed E-state index contributed by atoms with van der Waals surface area (Å²) in [6, 6.07) is 4.28. The molecule has 5 N–H and O–H groups in total. The molecule has 0 heterocycles. The summed E-state index contributed by atoms with van der Waals surface area (Å²) >= 11 is 0. The standard InChI is InChI=1S/C13H15N3O5/c1-7(17)16(10(12(18)19)13(20)21)6-8-3-2-4-9(5-8)11(14)15/h2-5,10H,6H2,1H3,(H3,14,15)(H,18,19)(H,20,21). The number of hydrogen-bond donors (Lipinski definition) is 4. The smallest absolute Gasteiger partial charge is 0.338 e. The van der Waals surface area contributed by atoms with Crippen molar-refractivity contribution in [3.05, 3.63) is 35.4 Å². The lowest BCUT2D eigenvalue weighted by atomic mass is 10.1. The minimum Gasteiger partial charge on any atom is -0.479 e. The summed E-state index contributed by atoms with van der Waals surface area (Å²) < 4.78 is 0. The third-order valence-corrected chi connectivity index (χ3v) is 2.77. The first-order chi connectivity index (χ1) is 9.73. The highest BCUT2D eigenvalue weighted by atomic mass is 16.4. The van der Waals surface area contributed by atoms with E-state index in [1.807, 2.05) is 0 Å². The summed E-state index contributed by atoms with van der Waals surface area (Å²) in [5.74, 6) is -4.11. The highest BCUT2D eigenvalue weighted by Gasteiger charge is 2.34. The van der Waals surface area contributed by atoms with Crippen LogP contribution in [0.4, 0.5) is 0 Å². The van der Waals surface area contributed by atoms with Gasteiger partial charge in [0.05, 0.1) is 0 Å². The molecular formula is C13H15N3O5. The van der Waals surface area contributed by atoms with E-state index in [2.05, 4.69) is 0 Å². The second-order valence-electron chi connectivity index (χ2n) is 4.34. The van der Waals surface area contributed by atoms with E-state index in [1.54, 1.807) is 18.2 Å². The number of aliphatic carboxylic acids is 2. The van der Waals surface area contributed by atoms with E-state index in [9.17, 15) is 14.4 Å². The van der Waals surface area contributed by atoms with Crippen molar-refractivity contribution in [2.45, 2.75) is 19.5 Å². The molecule has 0 saturated carbocycles. The lowest BCUT2D eigenvalue weighted by Gasteiger charge is -2.25. The maximum absolute atomic E-state index is 11.5. The van der Waals surface area contributed by atoms with Gasteiger partial charge < -0.3 is 20.8 Å². The summed E-state index contributed by atoms with van der Waals surface area (Å²) in [5.41, 5.74) is 6.22. The van der Waals surface area contributed by atoms with Gasteiger partial charge in [-0.05, 0) is 11.6 Å². The van der Waals surface area contributed by atoms with Gasteiger partial charge in [0, 0.05) is 19.0 Å². The SMILES string of the molecule is CC(=O)N(Cc1cccc(C(=N)N)c1)C(C(=O)O)C(=O)O. The molecule has 0 radical (unpaired) electrons. The Hall–Kier alpha value is -2.90. The largest absolute Gasteiger partial charge is 0.479 e. The lowest BCUT2D eigenvalue weighted by molar-refractivity contribution is -0.161. The Bertz CT molecular complexity index is 585. The van der Waals surface area contributed by atoms with Crippen LogP contribution in [0, 0.1) is 5.41 Å². The van der Waals surface area contributed by atoms with Crippen molar-refractivity contribution in [2.24, 2.45) is 5.73 Å². The summed E-state index contributed by atoms with van der Waals surface area (Å²) in [6.07, 6.45) is 0.